The molecule has 2 nitrogen and oxygen atoms in total. The van der Waals surface area contributed by atoms with E-state index in [-0.39, 0.29) is 0 Å². The maximum atomic E-state index is 5.74. The maximum Gasteiger partial charge on any atom is 0.0468 e. The van der Waals surface area contributed by atoms with Gasteiger partial charge in [-0.05, 0) is 31.3 Å². The Morgan fingerprint density at radius 1 is 1.62 bits per heavy atom. The number of hydrogen-bond acceptors (Lipinski definition) is 3. The summed E-state index contributed by atoms with van der Waals surface area (Å²) in [6, 6.07) is 1.95. The van der Waals surface area contributed by atoms with Crippen LogP contribution in [0, 0.1) is 0 Å². The van der Waals surface area contributed by atoms with Gasteiger partial charge in [-0.1, -0.05) is 12.2 Å². The third-order valence-electron chi connectivity index (χ3n) is 1.79. The highest BCUT2D eigenvalue weighted by Gasteiger charge is 1.97. The third kappa shape index (κ3) is 3.61. The molecule has 0 aliphatic heterocycles. The van der Waals surface area contributed by atoms with Crippen molar-refractivity contribution in [3.05, 3.63) is 28.5 Å². The van der Waals surface area contributed by atoms with Crippen molar-refractivity contribution in [2.45, 2.75) is 19.9 Å². The molecule has 0 amide bonds. The van der Waals surface area contributed by atoms with E-state index in [1.165, 1.54) is 4.88 Å². The van der Waals surface area contributed by atoms with Gasteiger partial charge in [0.15, 0.2) is 0 Å². The number of nitrogens with two attached hydrogens (primary N) is 1. The van der Waals surface area contributed by atoms with Crippen molar-refractivity contribution >= 4 is 17.0 Å². The van der Waals surface area contributed by atoms with Crippen LogP contribution in [0.3, 0.4) is 0 Å². The lowest BCUT2D eigenvalue weighted by molar-refractivity contribution is 0.703. The van der Waals surface area contributed by atoms with Gasteiger partial charge in [0.05, 0.1) is 0 Å². The van der Waals surface area contributed by atoms with E-state index in [0.717, 1.165) is 25.2 Å². The number of nitrogens with one attached hydrogen (secondary N) is 1. The molecule has 0 saturated carbocycles. The Balaban J connectivity index is 2.16. The van der Waals surface area contributed by atoms with Gasteiger partial charge < -0.3 is 11.1 Å². The molecule has 72 valence electrons. The van der Waals surface area contributed by atoms with E-state index in [4.69, 9.17) is 5.73 Å². The molecule has 0 aliphatic rings. The molecule has 3 heteroatoms. The highest BCUT2D eigenvalue weighted by atomic mass is 32.1. The molecule has 0 bridgehead atoms. The molecule has 1 heterocycles. The highest BCUT2D eigenvalue weighted by molar-refractivity contribution is 7.10. The zero-order valence-corrected chi connectivity index (χ0v) is 8.73. The van der Waals surface area contributed by atoms with Gasteiger partial charge in [0.2, 0.25) is 0 Å². The first-order valence-electron chi connectivity index (χ1n) is 4.48. The fourth-order valence-electron chi connectivity index (χ4n) is 1.05. The Hall–Kier alpha value is -0.800. The van der Waals surface area contributed by atoms with Gasteiger partial charge in [0, 0.05) is 17.1 Å². The Bertz CT molecular complexity index is 266. The van der Waals surface area contributed by atoms with E-state index in [9.17, 15) is 0 Å². The minimum Gasteiger partial charge on any atom is -0.398 e. The Morgan fingerprint density at radius 3 is 3.08 bits per heavy atom. The minimum atomic E-state index is 0.890. The van der Waals surface area contributed by atoms with Crippen LogP contribution in [-0.2, 0) is 6.54 Å². The SMILES string of the molecule is C/C=C/CCNCc1sccc1N. The minimum absolute atomic E-state index is 0.890. The van der Waals surface area contributed by atoms with Gasteiger partial charge in [-0.3, -0.25) is 0 Å². The molecule has 0 fully saturated rings. The zero-order chi connectivity index (χ0) is 9.52. The van der Waals surface area contributed by atoms with Crippen molar-refractivity contribution in [2.24, 2.45) is 0 Å². The zero-order valence-electron chi connectivity index (χ0n) is 7.92. The van der Waals surface area contributed by atoms with Gasteiger partial charge >= 0.3 is 0 Å². The molecular formula is C10H16N2S. The van der Waals surface area contributed by atoms with E-state index in [0.29, 0.717) is 0 Å². The summed E-state index contributed by atoms with van der Waals surface area (Å²) in [5.74, 6) is 0. The molecule has 0 aliphatic carbocycles. The standard InChI is InChI=1S/C10H16N2S/c1-2-3-4-6-12-8-10-9(11)5-7-13-10/h2-3,5,7,12H,4,6,8,11H2,1H3/b3-2+. The van der Waals surface area contributed by atoms with Crippen molar-refractivity contribution < 1.29 is 0 Å². The first kappa shape index (κ1) is 10.3. The fraction of sp³-hybridized carbons (Fsp3) is 0.400. The molecule has 1 rings (SSSR count). The van der Waals surface area contributed by atoms with Crippen LogP contribution >= 0.6 is 11.3 Å². The smallest absolute Gasteiger partial charge is 0.0468 e. The summed E-state index contributed by atoms with van der Waals surface area (Å²) in [6.45, 7) is 3.94. The molecule has 0 unspecified atom stereocenters. The van der Waals surface area contributed by atoms with Gasteiger partial charge in [-0.2, -0.15) is 0 Å². The molecular weight excluding hydrogens is 180 g/mol. The van der Waals surface area contributed by atoms with Crippen LogP contribution in [0.5, 0.6) is 0 Å². The molecule has 1 aromatic heterocycles. The van der Waals surface area contributed by atoms with E-state index in [1.54, 1.807) is 11.3 Å². The van der Waals surface area contributed by atoms with E-state index in [1.807, 2.05) is 18.4 Å². The van der Waals surface area contributed by atoms with Crippen LogP contribution in [0.25, 0.3) is 0 Å². The summed E-state index contributed by atoms with van der Waals surface area (Å²) < 4.78 is 0. The van der Waals surface area contributed by atoms with Crippen LogP contribution < -0.4 is 11.1 Å². The quantitative estimate of drug-likeness (QED) is 0.560. The van der Waals surface area contributed by atoms with E-state index >= 15 is 0 Å². The lowest BCUT2D eigenvalue weighted by Crippen LogP contribution is -2.13. The summed E-state index contributed by atoms with van der Waals surface area (Å²) in [7, 11) is 0. The molecule has 0 spiro atoms. The molecule has 0 atom stereocenters. The first-order chi connectivity index (χ1) is 6.34. The summed E-state index contributed by atoms with van der Waals surface area (Å²) >= 11 is 1.71. The molecule has 0 saturated heterocycles. The first-order valence-corrected chi connectivity index (χ1v) is 5.36. The van der Waals surface area contributed by atoms with Crippen molar-refractivity contribution in [3.63, 3.8) is 0 Å². The Kier molecular flexibility index (Phi) is 4.57. The van der Waals surface area contributed by atoms with Crippen LogP contribution in [0.2, 0.25) is 0 Å². The van der Waals surface area contributed by atoms with Crippen molar-refractivity contribution in [1.29, 1.82) is 0 Å². The second-order valence-corrected chi connectivity index (χ2v) is 3.83. The predicted octanol–water partition coefficient (Wildman–Crippen LogP) is 2.39. The van der Waals surface area contributed by atoms with Gasteiger partial charge in [-0.15, -0.1) is 11.3 Å². The largest absolute Gasteiger partial charge is 0.398 e. The summed E-state index contributed by atoms with van der Waals surface area (Å²) in [5, 5.41) is 5.37. The van der Waals surface area contributed by atoms with Gasteiger partial charge in [-0.25, -0.2) is 0 Å². The maximum absolute atomic E-state index is 5.74. The average Bonchev–Trinajstić information content (AvgIpc) is 2.52. The normalized spacial score (nSPS) is 11.2. The molecule has 0 radical (unpaired) electrons. The van der Waals surface area contributed by atoms with Crippen LogP contribution in [0.15, 0.2) is 23.6 Å². The number of nitrogen functional groups attached to an aromatic ring is 1. The monoisotopic (exact) mass is 196 g/mol. The second-order valence-electron chi connectivity index (χ2n) is 2.83. The number of allylic oxidation sites excluding steroid dienone is 1. The lowest BCUT2D eigenvalue weighted by atomic mass is 10.3. The second kappa shape index (κ2) is 5.78. The average molecular weight is 196 g/mol. The topological polar surface area (TPSA) is 38.0 Å². The molecule has 13 heavy (non-hydrogen) atoms. The Labute approximate surface area is 83.5 Å². The molecule has 0 aromatic carbocycles. The Morgan fingerprint density at radius 2 is 2.46 bits per heavy atom. The molecule has 3 N–H and O–H groups in total. The van der Waals surface area contributed by atoms with Crippen LogP contribution in [0.1, 0.15) is 18.2 Å². The third-order valence-corrected chi connectivity index (χ3v) is 2.73. The predicted molar refractivity (Wildman–Crippen MR) is 59.9 cm³/mol. The molecule has 1 aromatic rings. The van der Waals surface area contributed by atoms with E-state index < -0.39 is 0 Å². The van der Waals surface area contributed by atoms with Crippen molar-refractivity contribution in [3.8, 4) is 0 Å². The van der Waals surface area contributed by atoms with Crippen LogP contribution in [-0.4, -0.2) is 6.54 Å². The number of hydrogen-bond donors (Lipinski definition) is 2. The lowest BCUT2D eigenvalue weighted by Gasteiger charge is -2.01. The summed E-state index contributed by atoms with van der Waals surface area (Å²) in [4.78, 5) is 1.24. The van der Waals surface area contributed by atoms with E-state index in [2.05, 4.69) is 17.5 Å². The van der Waals surface area contributed by atoms with Crippen LogP contribution in [0.4, 0.5) is 5.69 Å². The number of thiophene rings is 1. The number of anilines is 1. The highest BCUT2D eigenvalue weighted by Crippen LogP contribution is 2.17. The summed E-state index contributed by atoms with van der Waals surface area (Å²) in [5.41, 5.74) is 6.64. The number of rotatable bonds is 5. The van der Waals surface area contributed by atoms with Gasteiger partial charge in [0.25, 0.3) is 0 Å². The summed E-state index contributed by atoms with van der Waals surface area (Å²) in [6.07, 6.45) is 5.31. The van der Waals surface area contributed by atoms with Crippen molar-refractivity contribution in [1.82, 2.24) is 5.32 Å². The van der Waals surface area contributed by atoms with Gasteiger partial charge in [0.1, 0.15) is 0 Å². The van der Waals surface area contributed by atoms with Crippen molar-refractivity contribution in [2.75, 3.05) is 12.3 Å². The fourth-order valence-corrected chi connectivity index (χ4v) is 1.82.